The monoisotopic (exact) mass is 328 g/mol. The van der Waals surface area contributed by atoms with Gasteiger partial charge in [0.05, 0.1) is 6.61 Å². The molecule has 1 aromatic carbocycles. The van der Waals surface area contributed by atoms with Crippen LogP contribution in [0.5, 0.6) is 0 Å². The van der Waals surface area contributed by atoms with E-state index in [1.807, 2.05) is 6.20 Å². The summed E-state index contributed by atoms with van der Waals surface area (Å²) in [6.45, 7) is 5.47. The average molecular weight is 328 g/mol. The molecule has 1 fully saturated rings. The zero-order chi connectivity index (χ0) is 16.8. The van der Waals surface area contributed by atoms with E-state index in [0.29, 0.717) is 6.61 Å². The first-order valence-electron chi connectivity index (χ1n) is 8.47. The van der Waals surface area contributed by atoms with E-state index >= 15 is 0 Å². The Balaban J connectivity index is 1.49. The van der Waals surface area contributed by atoms with E-state index < -0.39 is 6.09 Å². The molecule has 0 spiro atoms. The Morgan fingerprint density at radius 2 is 1.92 bits per heavy atom. The molecule has 0 atom stereocenters. The molecule has 24 heavy (non-hydrogen) atoms. The largest absolute Gasteiger partial charge is 0.450 e. The van der Waals surface area contributed by atoms with Crippen LogP contribution in [0.15, 0.2) is 36.5 Å². The summed E-state index contributed by atoms with van der Waals surface area (Å²) in [6, 6.07) is 10.5. The highest BCUT2D eigenvalue weighted by Gasteiger charge is 2.19. The van der Waals surface area contributed by atoms with Gasteiger partial charge in [0, 0.05) is 37.8 Å². The van der Waals surface area contributed by atoms with E-state index in [1.54, 1.807) is 0 Å². The van der Waals surface area contributed by atoms with Crippen molar-refractivity contribution in [3.8, 4) is 0 Å². The van der Waals surface area contributed by atoms with E-state index in [4.69, 9.17) is 10.5 Å². The predicted molar refractivity (Wildman–Crippen MR) is 95.2 cm³/mol. The Kier molecular flexibility index (Phi) is 5.48. The van der Waals surface area contributed by atoms with Gasteiger partial charge in [0.25, 0.3) is 0 Å². The van der Waals surface area contributed by atoms with Crippen molar-refractivity contribution in [1.82, 2.24) is 9.88 Å². The lowest BCUT2D eigenvalue weighted by molar-refractivity contribution is 0.151. The van der Waals surface area contributed by atoms with Gasteiger partial charge in [-0.15, -0.1) is 0 Å². The third-order valence-electron chi connectivity index (χ3n) is 4.44. The highest BCUT2D eigenvalue weighted by Crippen LogP contribution is 2.24. The number of anilines is 1. The normalized spacial score (nSPS) is 15.6. The van der Waals surface area contributed by atoms with Gasteiger partial charge in [-0.3, -0.25) is 4.90 Å². The van der Waals surface area contributed by atoms with Gasteiger partial charge in [0.1, 0.15) is 5.82 Å². The number of nitrogens with zero attached hydrogens (tertiary/aromatic N) is 3. The molecule has 2 aromatic rings. The molecular formula is C18H24N4O2. The topological polar surface area (TPSA) is 71.7 Å². The van der Waals surface area contributed by atoms with Crippen molar-refractivity contribution in [2.45, 2.75) is 12.8 Å². The summed E-state index contributed by atoms with van der Waals surface area (Å²) in [5.41, 5.74) is 4.94. The number of aromatic nitrogens is 1. The number of hydrogen-bond acceptors (Lipinski definition) is 5. The zero-order valence-corrected chi connectivity index (χ0v) is 13.9. The second kappa shape index (κ2) is 7.97. The Morgan fingerprint density at radius 3 is 2.71 bits per heavy atom. The van der Waals surface area contributed by atoms with Gasteiger partial charge < -0.3 is 15.4 Å². The van der Waals surface area contributed by atoms with Crippen LogP contribution in [0.25, 0.3) is 10.8 Å². The first-order valence-corrected chi connectivity index (χ1v) is 8.47. The number of piperazine rings is 1. The van der Waals surface area contributed by atoms with Crippen molar-refractivity contribution in [3.63, 3.8) is 0 Å². The Hall–Kier alpha value is -2.34. The number of carbonyl (C=O) groups excluding carboxylic acids is 1. The van der Waals surface area contributed by atoms with Crippen LogP contribution in [0.2, 0.25) is 0 Å². The first-order chi connectivity index (χ1) is 11.7. The molecule has 0 saturated carbocycles. The molecule has 128 valence electrons. The third-order valence-corrected chi connectivity index (χ3v) is 4.44. The number of fused-ring (bicyclic) bond motifs is 1. The molecule has 1 aliphatic rings. The molecule has 6 heteroatoms. The zero-order valence-electron chi connectivity index (χ0n) is 13.9. The maximum atomic E-state index is 10.5. The van der Waals surface area contributed by atoms with Gasteiger partial charge in [0.2, 0.25) is 0 Å². The fraction of sp³-hybridized carbons (Fsp3) is 0.444. The van der Waals surface area contributed by atoms with Crippen molar-refractivity contribution in [1.29, 1.82) is 0 Å². The van der Waals surface area contributed by atoms with Crippen LogP contribution in [0.3, 0.4) is 0 Å². The quantitative estimate of drug-likeness (QED) is 0.823. The maximum Gasteiger partial charge on any atom is 0.404 e. The fourth-order valence-corrected chi connectivity index (χ4v) is 3.15. The Morgan fingerprint density at radius 1 is 1.12 bits per heavy atom. The molecule has 2 N–H and O–H groups in total. The number of primary amides is 1. The summed E-state index contributed by atoms with van der Waals surface area (Å²) in [7, 11) is 0. The van der Waals surface area contributed by atoms with Crippen molar-refractivity contribution < 1.29 is 9.53 Å². The molecule has 1 amide bonds. The SMILES string of the molecule is NC(=O)OCCCCN1CCN(c2nccc3ccccc23)CC1. The smallest absolute Gasteiger partial charge is 0.404 e. The van der Waals surface area contributed by atoms with Crippen LogP contribution >= 0.6 is 0 Å². The summed E-state index contributed by atoms with van der Waals surface area (Å²) >= 11 is 0. The minimum absolute atomic E-state index is 0.412. The van der Waals surface area contributed by atoms with Gasteiger partial charge in [-0.1, -0.05) is 24.3 Å². The minimum Gasteiger partial charge on any atom is -0.450 e. The van der Waals surface area contributed by atoms with Gasteiger partial charge in [0.15, 0.2) is 0 Å². The molecule has 0 bridgehead atoms. The lowest BCUT2D eigenvalue weighted by Gasteiger charge is -2.35. The lowest BCUT2D eigenvalue weighted by atomic mass is 10.1. The van der Waals surface area contributed by atoms with Gasteiger partial charge in [-0.2, -0.15) is 0 Å². The van der Waals surface area contributed by atoms with E-state index in [9.17, 15) is 4.79 Å². The molecule has 2 heterocycles. The van der Waals surface area contributed by atoms with Crippen LogP contribution in [0.1, 0.15) is 12.8 Å². The van der Waals surface area contributed by atoms with Gasteiger partial charge in [-0.25, -0.2) is 9.78 Å². The number of nitrogens with two attached hydrogens (primary N) is 1. The lowest BCUT2D eigenvalue weighted by Crippen LogP contribution is -2.47. The summed E-state index contributed by atoms with van der Waals surface area (Å²) in [4.78, 5) is 19.9. The van der Waals surface area contributed by atoms with Crippen molar-refractivity contribution in [2.24, 2.45) is 5.73 Å². The van der Waals surface area contributed by atoms with Gasteiger partial charge in [-0.05, 0) is 30.8 Å². The number of benzene rings is 1. The highest BCUT2D eigenvalue weighted by molar-refractivity contribution is 5.92. The van der Waals surface area contributed by atoms with E-state index in [1.165, 1.54) is 10.8 Å². The Labute approximate surface area is 142 Å². The second-order valence-corrected chi connectivity index (χ2v) is 6.06. The van der Waals surface area contributed by atoms with E-state index in [2.05, 4.69) is 45.1 Å². The van der Waals surface area contributed by atoms with Gasteiger partial charge >= 0.3 is 6.09 Å². The van der Waals surface area contributed by atoms with E-state index in [0.717, 1.165) is 51.4 Å². The summed E-state index contributed by atoms with van der Waals surface area (Å²) in [6.07, 6.45) is 3.07. The van der Waals surface area contributed by atoms with Crippen LogP contribution in [0.4, 0.5) is 10.6 Å². The summed E-state index contributed by atoms with van der Waals surface area (Å²) in [5, 5.41) is 2.46. The average Bonchev–Trinajstić information content (AvgIpc) is 2.61. The highest BCUT2D eigenvalue weighted by atomic mass is 16.5. The van der Waals surface area contributed by atoms with Crippen LogP contribution in [-0.2, 0) is 4.74 Å². The number of rotatable bonds is 6. The summed E-state index contributed by atoms with van der Waals surface area (Å²) in [5.74, 6) is 1.09. The standard InChI is InChI=1S/C18H24N4O2/c19-18(23)24-14-4-3-9-21-10-12-22(13-11-21)17-16-6-2-1-5-15(16)7-8-20-17/h1-2,5-8H,3-4,9-14H2,(H2,19,23). The Bertz CT molecular complexity index is 678. The second-order valence-electron chi connectivity index (χ2n) is 6.06. The van der Waals surface area contributed by atoms with Crippen LogP contribution < -0.4 is 10.6 Å². The van der Waals surface area contributed by atoms with E-state index in [-0.39, 0.29) is 0 Å². The van der Waals surface area contributed by atoms with Crippen molar-refractivity contribution in [3.05, 3.63) is 36.5 Å². The van der Waals surface area contributed by atoms with Crippen LogP contribution in [-0.4, -0.2) is 55.3 Å². The number of hydrogen-bond donors (Lipinski definition) is 1. The number of ether oxygens (including phenoxy) is 1. The molecule has 1 saturated heterocycles. The molecule has 6 nitrogen and oxygen atoms in total. The molecule has 0 unspecified atom stereocenters. The molecule has 1 aliphatic heterocycles. The molecular weight excluding hydrogens is 304 g/mol. The van der Waals surface area contributed by atoms with Crippen LogP contribution in [0, 0.1) is 0 Å². The number of amides is 1. The molecule has 3 rings (SSSR count). The molecule has 0 aliphatic carbocycles. The third kappa shape index (κ3) is 4.14. The predicted octanol–water partition coefficient (Wildman–Crippen LogP) is 2.23. The maximum absolute atomic E-state index is 10.5. The number of carbonyl (C=O) groups is 1. The number of unbranched alkanes of at least 4 members (excludes halogenated alkanes) is 1. The molecule has 1 aromatic heterocycles. The summed E-state index contributed by atoms with van der Waals surface area (Å²) < 4.78 is 4.75. The van der Waals surface area contributed by atoms with Crippen molar-refractivity contribution >= 4 is 22.7 Å². The molecule has 0 radical (unpaired) electrons. The number of pyridine rings is 1. The minimum atomic E-state index is -0.689. The fourth-order valence-electron chi connectivity index (χ4n) is 3.15. The van der Waals surface area contributed by atoms with Crippen molar-refractivity contribution in [2.75, 3.05) is 44.2 Å². The first kappa shape index (κ1) is 16.5.